The van der Waals surface area contributed by atoms with Crippen molar-refractivity contribution >= 4 is 34.7 Å². The second-order valence-corrected chi connectivity index (χ2v) is 6.89. The number of nitrogens with one attached hydrogen (secondary N) is 2. The van der Waals surface area contributed by atoms with Gasteiger partial charge in [0.2, 0.25) is 0 Å². The number of rotatable bonds is 6. The lowest BCUT2D eigenvalue weighted by molar-refractivity contribution is 0.623. The zero-order chi connectivity index (χ0) is 19.4. The molecule has 3 rings (SSSR count). The highest BCUT2D eigenvalue weighted by Gasteiger charge is 2.09. The number of nitrogens with zero attached hydrogens (tertiary/aromatic N) is 4. The molecule has 2 aromatic heterocycles. The molecule has 0 radical (unpaired) electrons. The van der Waals surface area contributed by atoms with Crippen LogP contribution in [-0.2, 0) is 19.6 Å². The highest BCUT2D eigenvalue weighted by atomic mass is 35.5. The topological polar surface area (TPSA) is 59.7 Å². The first kappa shape index (κ1) is 19.3. The van der Waals surface area contributed by atoms with Crippen molar-refractivity contribution in [2.75, 3.05) is 5.32 Å². The Kier molecular flexibility index (Phi) is 6.08. The van der Waals surface area contributed by atoms with Crippen LogP contribution in [0.25, 0.3) is 0 Å². The Hall–Kier alpha value is -2.45. The number of hydrogen-bond acceptors (Lipinski definition) is 3. The van der Waals surface area contributed by atoms with Crippen LogP contribution in [0.15, 0.2) is 36.7 Å². The second kappa shape index (κ2) is 8.49. The SMILES string of the molecule is CCn1cc(CNC(=S)Nc2cc(C)n(Cc3ccc(F)cc3Cl)n2)cn1. The van der Waals surface area contributed by atoms with E-state index in [9.17, 15) is 4.39 Å². The zero-order valence-electron chi connectivity index (χ0n) is 15.0. The zero-order valence-corrected chi connectivity index (χ0v) is 16.6. The number of hydrogen-bond donors (Lipinski definition) is 2. The van der Waals surface area contributed by atoms with E-state index in [0.29, 0.717) is 29.0 Å². The van der Waals surface area contributed by atoms with E-state index < -0.39 is 0 Å². The lowest BCUT2D eigenvalue weighted by Gasteiger charge is -2.08. The molecule has 142 valence electrons. The van der Waals surface area contributed by atoms with E-state index in [-0.39, 0.29) is 5.82 Å². The van der Waals surface area contributed by atoms with Gasteiger partial charge in [0.05, 0.1) is 12.7 Å². The fourth-order valence-corrected chi connectivity index (χ4v) is 2.96. The summed E-state index contributed by atoms with van der Waals surface area (Å²) in [5.41, 5.74) is 2.78. The highest BCUT2D eigenvalue weighted by Crippen LogP contribution is 2.19. The van der Waals surface area contributed by atoms with Crippen LogP contribution in [0.4, 0.5) is 10.2 Å². The Balaban J connectivity index is 1.59. The van der Waals surface area contributed by atoms with Crippen molar-refractivity contribution in [2.45, 2.75) is 33.5 Å². The molecule has 0 aliphatic heterocycles. The Morgan fingerprint density at radius 3 is 2.85 bits per heavy atom. The van der Waals surface area contributed by atoms with Crippen molar-refractivity contribution in [1.29, 1.82) is 0 Å². The quantitative estimate of drug-likeness (QED) is 0.611. The van der Waals surface area contributed by atoms with Gasteiger partial charge in [-0.05, 0) is 43.8 Å². The Morgan fingerprint density at radius 2 is 2.15 bits per heavy atom. The van der Waals surface area contributed by atoms with Gasteiger partial charge in [-0.15, -0.1) is 0 Å². The Labute approximate surface area is 167 Å². The van der Waals surface area contributed by atoms with Gasteiger partial charge in [-0.25, -0.2) is 4.39 Å². The van der Waals surface area contributed by atoms with E-state index in [1.54, 1.807) is 10.7 Å². The molecule has 0 unspecified atom stereocenters. The summed E-state index contributed by atoms with van der Waals surface area (Å²) in [4.78, 5) is 0. The number of benzene rings is 1. The molecule has 0 spiro atoms. The molecule has 2 N–H and O–H groups in total. The Morgan fingerprint density at radius 1 is 1.33 bits per heavy atom. The van der Waals surface area contributed by atoms with E-state index >= 15 is 0 Å². The second-order valence-electron chi connectivity index (χ2n) is 6.08. The van der Waals surface area contributed by atoms with Gasteiger partial charge >= 0.3 is 0 Å². The van der Waals surface area contributed by atoms with Gasteiger partial charge in [-0.2, -0.15) is 10.2 Å². The van der Waals surface area contributed by atoms with Gasteiger partial charge in [0.1, 0.15) is 5.82 Å². The molecule has 6 nitrogen and oxygen atoms in total. The van der Waals surface area contributed by atoms with E-state index in [1.807, 2.05) is 37.0 Å². The average Bonchev–Trinajstić information content (AvgIpc) is 3.22. The van der Waals surface area contributed by atoms with E-state index in [0.717, 1.165) is 23.4 Å². The van der Waals surface area contributed by atoms with Crippen LogP contribution < -0.4 is 10.6 Å². The molecule has 1 aromatic carbocycles. The minimum absolute atomic E-state index is 0.357. The largest absolute Gasteiger partial charge is 0.358 e. The fraction of sp³-hybridized carbons (Fsp3) is 0.278. The predicted molar refractivity (Wildman–Crippen MR) is 108 cm³/mol. The third kappa shape index (κ3) is 5.05. The summed E-state index contributed by atoms with van der Waals surface area (Å²) in [5.74, 6) is 0.275. The van der Waals surface area contributed by atoms with Crippen molar-refractivity contribution in [3.05, 3.63) is 64.3 Å². The van der Waals surface area contributed by atoms with E-state index in [4.69, 9.17) is 23.8 Å². The van der Waals surface area contributed by atoms with Crippen LogP contribution in [-0.4, -0.2) is 24.7 Å². The first-order valence-corrected chi connectivity index (χ1v) is 9.27. The van der Waals surface area contributed by atoms with Gasteiger partial charge in [-0.1, -0.05) is 17.7 Å². The van der Waals surface area contributed by atoms with Crippen molar-refractivity contribution in [3.63, 3.8) is 0 Å². The summed E-state index contributed by atoms with van der Waals surface area (Å²) in [6.07, 6.45) is 3.78. The molecular formula is C18H20ClFN6S. The third-order valence-electron chi connectivity index (χ3n) is 4.02. The lowest BCUT2D eigenvalue weighted by Crippen LogP contribution is -2.28. The number of halogens is 2. The molecule has 2 heterocycles. The van der Waals surface area contributed by atoms with Crippen LogP contribution in [0.2, 0.25) is 5.02 Å². The van der Waals surface area contributed by atoms with Gasteiger partial charge in [-0.3, -0.25) is 9.36 Å². The summed E-state index contributed by atoms with van der Waals surface area (Å²) in [7, 11) is 0. The molecule has 0 fully saturated rings. The molecule has 0 amide bonds. The summed E-state index contributed by atoms with van der Waals surface area (Å²) in [6, 6.07) is 6.24. The number of aromatic nitrogens is 4. The number of anilines is 1. The lowest BCUT2D eigenvalue weighted by atomic mass is 10.2. The fourth-order valence-electron chi connectivity index (χ4n) is 2.56. The molecule has 3 aromatic rings. The number of aryl methyl sites for hydroxylation is 2. The smallest absolute Gasteiger partial charge is 0.172 e. The van der Waals surface area contributed by atoms with Crippen molar-refractivity contribution in [3.8, 4) is 0 Å². The first-order valence-electron chi connectivity index (χ1n) is 8.49. The van der Waals surface area contributed by atoms with Crippen LogP contribution in [0, 0.1) is 12.7 Å². The first-order chi connectivity index (χ1) is 12.9. The maximum absolute atomic E-state index is 13.2. The monoisotopic (exact) mass is 406 g/mol. The highest BCUT2D eigenvalue weighted by molar-refractivity contribution is 7.80. The predicted octanol–water partition coefficient (Wildman–Crippen LogP) is 3.74. The summed E-state index contributed by atoms with van der Waals surface area (Å²) in [6.45, 7) is 5.83. The van der Waals surface area contributed by atoms with Crippen molar-refractivity contribution in [2.24, 2.45) is 0 Å². The maximum atomic E-state index is 13.2. The summed E-state index contributed by atoms with van der Waals surface area (Å²) < 4.78 is 16.8. The van der Waals surface area contributed by atoms with E-state index in [1.165, 1.54) is 12.1 Å². The van der Waals surface area contributed by atoms with Crippen LogP contribution in [0.5, 0.6) is 0 Å². The molecule has 9 heteroatoms. The normalized spacial score (nSPS) is 10.8. The van der Waals surface area contributed by atoms with Crippen molar-refractivity contribution in [1.82, 2.24) is 24.9 Å². The van der Waals surface area contributed by atoms with Crippen molar-refractivity contribution < 1.29 is 4.39 Å². The molecule has 0 saturated carbocycles. The van der Waals surface area contributed by atoms with Gasteiger partial charge in [0, 0.05) is 41.6 Å². The van der Waals surface area contributed by atoms with Crippen LogP contribution in [0.3, 0.4) is 0 Å². The molecule has 0 atom stereocenters. The number of thiocarbonyl (C=S) groups is 1. The molecular weight excluding hydrogens is 387 g/mol. The molecule has 27 heavy (non-hydrogen) atoms. The molecule has 0 aliphatic carbocycles. The minimum atomic E-state index is -0.357. The van der Waals surface area contributed by atoms with Gasteiger partial charge < -0.3 is 10.6 Å². The molecule has 0 aliphatic rings. The summed E-state index contributed by atoms with van der Waals surface area (Å²) >= 11 is 11.4. The molecule has 0 bridgehead atoms. The standard InChI is InChI=1S/C18H20ClFN6S/c1-3-25-10-13(9-22-25)8-21-18(27)23-17-6-12(2)26(24-17)11-14-4-5-15(20)7-16(14)19/h4-7,9-10H,3,8,11H2,1-2H3,(H2,21,23,24,27). The summed E-state index contributed by atoms with van der Waals surface area (Å²) in [5, 5.41) is 15.8. The van der Waals surface area contributed by atoms with Gasteiger partial charge in [0.25, 0.3) is 0 Å². The van der Waals surface area contributed by atoms with Gasteiger partial charge in [0.15, 0.2) is 10.9 Å². The van der Waals surface area contributed by atoms with Crippen LogP contribution >= 0.6 is 23.8 Å². The van der Waals surface area contributed by atoms with Crippen LogP contribution in [0.1, 0.15) is 23.7 Å². The average molecular weight is 407 g/mol. The Bertz CT molecular complexity index is 951. The molecule has 0 saturated heterocycles. The van der Waals surface area contributed by atoms with E-state index in [2.05, 4.69) is 20.8 Å². The third-order valence-corrected chi connectivity index (χ3v) is 4.62. The maximum Gasteiger partial charge on any atom is 0.172 e. The minimum Gasteiger partial charge on any atom is -0.358 e.